The van der Waals surface area contributed by atoms with E-state index in [1.54, 1.807) is 0 Å². The van der Waals surface area contributed by atoms with Crippen LogP contribution in [0.2, 0.25) is 0 Å². The van der Waals surface area contributed by atoms with Crippen molar-refractivity contribution in [1.29, 1.82) is 0 Å². The minimum atomic E-state index is 0.545. The number of fused-ring (bicyclic) bond motifs is 1. The van der Waals surface area contributed by atoms with E-state index in [9.17, 15) is 0 Å². The maximum Gasteiger partial charge on any atom is 0.0486 e. The van der Waals surface area contributed by atoms with Gasteiger partial charge >= 0.3 is 0 Å². The van der Waals surface area contributed by atoms with Crippen LogP contribution in [0.25, 0.3) is 21.3 Å². The van der Waals surface area contributed by atoms with Crippen LogP contribution in [-0.4, -0.2) is 11.1 Å². The van der Waals surface area contributed by atoms with Crippen LogP contribution in [0.5, 0.6) is 0 Å². The zero-order valence-electron chi connectivity index (χ0n) is 8.30. The molecule has 0 aliphatic heterocycles. The lowest BCUT2D eigenvalue weighted by Crippen LogP contribution is -1.96. The SMILES string of the molecule is [N-]=[N+]=NCCCn1c[c]c2ccccc21. The normalized spacial score (nSPS) is 10.1. The van der Waals surface area contributed by atoms with Crippen LogP contribution in [0.3, 0.4) is 0 Å². The van der Waals surface area contributed by atoms with Crippen LogP contribution in [0.1, 0.15) is 6.42 Å². The Morgan fingerprint density at radius 3 is 3.13 bits per heavy atom. The van der Waals surface area contributed by atoms with E-state index < -0.39 is 0 Å². The summed E-state index contributed by atoms with van der Waals surface area (Å²) in [6.45, 7) is 1.41. The van der Waals surface area contributed by atoms with Crippen molar-refractivity contribution >= 4 is 10.9 Å². The Labute approximate surface area is 87.8 Å². The lowest BCUT2D eigenvalue weighted by molar-refractivity contribution is 0.669. The molecule has 4 nitrogen and oxygen atoms in total. The van der Waals surface area contributed by atoms with Crippen molar-refractivity contribution in [2.45, 2.75) is 13.0 Å². The van der Waals surface area contributed by atoms with Crippen molar-refractivity contribution < 1.29 is 0 Å². The monoisotopic (exact) mass is 199 g/mol. The average molecular weight is 199 g/mol. The Balaban J connectivity index is 2.11. The van der Waals surface area contributed by atoms with Gasteiger partial charge in [-0.05, 0) is 18.0 Å². The highest BCUT2D eigenvalue weighted by Gasteiger charge is 1.98. The summed E-state index contributed by atoms with van der Waals surface area (Å²) in [6, 6.07) is 11.3. The molecule has 0 aliphatic carbocycles. The number of aryl methyl sites for hydroxylation is 1. The largest absolute Gasteiger partial charge is 0.347 e. The van der Waals surface area contributed by atoms with Gasteiger partial charge in [-0.2, -0.15) is 0 Å². The Kier molecular flexibility index (Phi) is 2.90. The summed E-state index contributed by atoms with van der Waals surface area (Å²) in [4.78, 5) is 2.72. The molecule has 0 atom stereocenters. The molecule has 0 saturated carbocycles. The quantitative estimate of drug-likeness (QED) is 0.314. The van der Waals surface area contributed by atoms with Gasteiger partial charge in [0.1, 0.15) is 0 Å². The molecule has 1 heterocycles. The topological polar surface area (TPSA) is 53.7 Å². The number of rotatable bonds is 4. The van der Waals surface area contributed by atoms with E-state index in [4.69, 9.17) is 5.53 Å². The second-order valence-electron chi connectivity index (χ2n) is 3.29. The molecule has 0 spiro atoms. The molecule has 0 unspecified atom stereocenters. The third kappa shape index (κ3) is 2.11. The second-order valence-corrected chi connectivity index (χ2v) is 3.29. The third-order valence-electron chi connectivity index (χ3n) is 2.31. The van der Waals surface area contributed by atoms with Crippen molar-refractivity contribution in [1.82, 2.24) is 4.57 Å². The number of hydrogen-bond donors (Lipinski definition) is 0. The molecule has 2 aromatic rings. The average Bonchev–Trinajstić information content (AvgIpc) is 2.68. The van der Waals surface area contributed by atoms with Gasteiger partial charge in [0.05, 0.1) is 0 Å². The smallest absolute Gasteiger partial charge is 0.0486 e. The molecule has 0 N–H and O–H groups in total. The number of aromatic nitrogens is 1. The van der Waals surface area contributed by atoms with Crippen LogP contribution in [0.15, 0.2) is 35.6 Å². The molecule has 2 rings (SSSR count). The van der Waals surface area contributed by atoms with Crippen LogP contribution >= 0.6 is 0 Å². The van der Waals surface area contributed by atoms with Gasteiger partial charge in [0.15, 0.2) is 0 Å². The fourth-order valence-corrected chi connectivity index (χ4v) is 1.60. The minimum Gasteiger partial charge on any atom is -0.347 e. The molecule has 15 heavy (non-hydrogen) atoms. The predicted molar refractivity (Wildman–Crippen MR) is 59.4 cm³/mol. The zero-order chi connectivity index (χ0) is 10.5. The third-order valence-corrected chi connectivity index (χ3v) is 2.31. The number of benzene rings is 1. The number of nitrogens with zero attached hydrogens (tertiary/aromatic N) is 4. The first-order chi connectivity index (χ1) is 7.42. The van der Waals surface area contributed by atoms with Crippen molar-refractivity contribution in [3.8, 4) is 0 Å². The van der Waals surface area contributed by atoms with Gasteiger partial charge in [-0.25, -0.2) is 0 Å². The van der Waals surface area contributed by atoms with E-state index in [1.165, 1.54) is 5.52 Å². The van der Waals surface area contributed by atoms with Crippen molar-refractivity contribution in [3.63, 3.8) is 0 Å². The van der Waals surface area contributed by atoms with Crippen molar-refractivity contribution in [2.24, 2.45) is 5.11 Å². The Hall–Kier alpha value is -1.93. The molecule has 1 radical (unpaired) electrons. The summed E-state index contributed by atoms with van der Waals surface area (Å²) in [5.41, 5.74) is 9.32. The Morgan fingerprint density at radius 1 is 1.40 bits per heavy atom. The van der Waals surface area contributed by atoms with E-state index in [0.717, 1.165) is 18.4 Å². The zero-order valence-corrected chi connectivity index (χ0v) is 8.30. The summed E-state index contributed by atoms with van der Waals surface area (Å²) >= 11 is 0. The fraction of sp³-hybridized carbons (Fsp3) is 0.273. The van der Waals surface area contributed by atoms with Crippen LogP contribution in [-0.2, 0) is 6.54 Å². The molecular formula is C11H11N4. The van der Waals surface area contributed by atoms with Gasteiger partial charge in [-0.3, -0.25) is 0 Å². The van der Waals surface area contributed by atoms with Gasteiger partial charge in [-0.1, -0.05) is 23.3 Å². The van der Waals surface area contributed by atoms with Crippen molar-refractivity contribution in [2.75, 3.05) is 6.54 Å². The summed E-state index contributed by atoms with van der Waals surface area (Å²) in [5, 5.41) is 4.63. The van der Waals surface area contributed by atoms with Crippen LogP contribution in [0.4, 0.5) is 0 Å². The predicted octanol–water partition coefficient (Wildman–Crippen LogP) is 3.14. The first kappa shape index (κ1) is 9.62. The summed E-state index contributed by atoms with van der Waals surface area (Å²) in [6.07, 6.45) is 2.80. The maximum absolute atomic E-state index is 8.14. The highest BCUT2D eigenvalue weighted by Crippen LogP contribution is 2.14. The second kappa shape index (κ2) is 4.53. The first-order valence-corrected chi connectivity index (χ1v) is 4.88. The first-order valence-electron chi connectivity index (χ1n) is 4.88. The molecule has 0 bridgehead atoms. The molecule has 0 amide bonds. The van der Waals surface area contributed by atoms with Gasteiger partial charge in [-0.15, -0.1) is 0 Å². The fourth-order valence-electron chi connectivity index (χ4n) is 1.60. The van der Waals surface area contributed by atoms with Crippen LogP contribution < -0.4 is 0 Å². The van der Waals surface area contributed by atoms with E-state index >= 15 is 0 Å². The summed E-state index contributed by atoms with van der Waals surface area (Å²) in [7, 11) is 0. The summed E-state index contributed by atoms with van der Waals surface area (Å²) in [5.74, 6) is 0. The standard InChI is InChI=1S/C11H11N4/c12-14-13-7-3-8-15-9-6-10-4-1-2-5-11(10)15/h1-2,4-5,9H,3,7-8H2. The maximum atomic E-state index is 8.14. The van der Waals surface area contributed by atoms with Gasteiger partial charge < -0.3 is 4.57 Å². The lowest BCUT2D eigenvalue weighted by atomic mass is 10.2. The molecule has 1 aromatic heterocycles. The molecule has 1 aromatic carbocycles. The highest BCUT2D eigenvalue weighted by atomic mass is 15.1. The molecule has 75 valence electrons. The van der Waals surface area contributed by atoms with E-state index in [1.807, 2.05) is 24.4 Å². The highest BCUT2D eigenvalue weighted by molar-refractivity contribution is 5.79. The number of azide groups is 1. The Bertz CT molecular complexity index is 494. The molecule has 0 saturated heterocycles. The minimum absolute atomic E-state index is 0.545. The van der Waals surface area contributed by atoms with E-state index in [-0.39, 0.29) is 0 Å². The lowest BCUT2D eigenvalue weighted by Gasteiger charge is -2.02. The van der Waals surface area contributed by atoms with Crippen LogP contribution in [0, 0.1) is 6.07 Å². The molecule has 0 aliphatic rings. The molecule has 0 fully saturated rings. The van der Waals surface area contributed by atoms with Crippen molar-refractivity contribution in [3.05, 3.63) is 47.0 Å². The van der Waals surface area contributed by atoms with E-state index in [2.05, 4.69) is 26.7 Å². The number of para-hydroxylation sites is 1. The van der Waals surface area contributed by atoms with Gasteiger partial charge in [0.25, 0.3) is 0 Å². The van der Waals surface area contributed by atoms with Gasteiger partial charge in [0.2, 0.25) is 0 Å². The summed E-state index contributed by atoms with van der Waals surface area (Å²) < 4.78 is 2.13. The van der Waals surface area contributed by atoms with Gasteiger partial charge in [0, 0.05) is 41.2 Å². The number of hydrogen-bond acceptors (Lipinski definition) is 1. The molecule has 4 heteroatoms. The molecular weight excluding hydrogens is 188 g/mol. The Morgan fingerprint density at radius 2 is 2.27 bits per heavy atom. The van der Waals surface area contributed by atoms with E-state index in [0.29, 0.717) is 6.54 Å².